The molecule has 3 nitrogen and oxygen atoms in total. The summed E-state index contributed by atoms with van der Waals surface area (Å²) in [7, 11) is 0. The lowest BCUT2D eigenvalue weighted by molar-refractivity contribution is -0.127. The fraction of sp³-hybridized carbons (Fsp3) is 0.545. The molecule has 14 heavy (non-hydrogen) atoms. The first-order valence-corrected chi connectivity index (χ1v) is 5.05. The molecule has 1 atom stereocenters. The SMILES string of the molecule is CC=CC=CC(=O)N1CCNC(C)C1. The average Bonchev–Trinajstić information content (AvgIpc) is 2.18. The number of rotatable bonds is 2. The fourth-order valence-corrected chi connectivity index (χ4v) is 1.49. The normalized spacial score (nSPS) is 23.6. The van der Waals surface area contributed by atoms with Crippen LogP contribution in [0.3, 0.4) is 0 Å². The number of nitrogens with one attached hydrogen (secondary N) is 1. The molecular formula is C11H18N2O. The van der Waals surface area contributed by atoms with Gasteiger partial charge in [-0.25, -0.2) is 0 Å². The molecule has 3 heteroatoms. The monoisotopic (exact) mass is 194 g/mol. The molecule has 1 saturated heterocycles. The summed E-state index contributed by atoms with van der Waals surface area (Å²) in [5.41, 5.74) is 0. The minimum absolute atomic E-state index is 0.108. The molecule has 1 heterocycles. The Morgan fingerprint density at radius 2 is 2.29 bits per heavy atom. The van der Waals surface area contributed by atoms with Crippen LogP contribution in [0.25, 0.3) is 0 Å². The molecule has 1 unspecified atom stereocenters. The summed E-state index contributed by atoms with van der Waals surface area (Å²) >= 11 is 0. The van der Waals surface area contributed by atoms with Crippen molar-refractivity contribution in [1.29, 1.82) is 0 Å². The van der Waals surface area contributed by atoms with Gasteiger partial charge in [0.05, 0.1) is 0 Å². The summed E-state index contributed by atoms with van der Waals surface area (Å²) in [6.07, 6.45) is 7.18. The van der Waals surface area contributed by atoms with Crippen molar-refractivity contribution in [1.82, 2.24) is 10.2 Å². The van der Waals surface area contributed by atoms with E-state index in [4.69, 9.17) is 0 Å². The highest BCUT2D eigenvalue weighted by atomic mass is 16.2. The maximum absolute atomic E-state index is 11.6. The predicted molar refractivity (Wildman–Crippen MR) is 58.0 cm³/mol. The molecule has 78 valence electrons. The Morgan fingerprint density at radius 1 is 1.50 bits per heavy atom. The van der Waals surface area contributed by atoms with Gasteiger partial charge >= 0.3 is 0 Å². The Morgan fingerprint density at radius 3 is 2.93 bits per heavy atom. The van der Waals surface area contributed by atoms with Gasteiger partial charge in [0.25, 0.3) is 0 Å². The highest BCUT2D eigenvalue weighted by Gasteiger charge is 2.17. The van der Waals surface area contributed by atoms with Crippen LogP contribution in [0.1, 0.15) is 13.8 Å². The summed E-state index contributed by atoms with van der Waals surface area (Å²) in [5, 5.41) is 3.30. The summed E-state index contributed by atoms with van der Waals surface area (Å²) in [4.78, 5) is 13.5. The minimum Gasteiger partial charge on any atom is -0.336 e. The van der Waals surface area contributed by atoms with E-state index in [-0.39, 0.29) is 5.91 Å². The molecule has 1 aliphatic rings. The number of hydrogen-bond donors (Lipinski definition) is 1. The maximum Gasteiger partial charge on any atom is 0.246 e. The molecule has 0 aliphatic carbocycles. The van der Waals surface area contributed by atoms with E-state index in [1.807, 2.05) is 24.0 Å². The van der Waals surface area contributed by atoms with Gasteiger partial charge < -0.3 is 10.2 Å². The van der Waals surface area contributed by atoms with Crippen molar-refractivity contribution < 1.29 is 4.79 Å². The van der Waals surface area contributed by atoms with Gasteiger partial charge in [-0.15, -0.1) is 0 Å². The van der Waals surface area contributed by atoms with E-state index in [0.717, 1.165) is 19.6 Å². The summed E-state index contributed by atoms with van der Waals surface area (Å²) in [5.74, 6) is 0.108. The van der Waals surface area contributed by atoms with Gasteiger partial charge in [-0.3, -0.25) is 4.79 Å². The first kappa shape index (κ1) is 11.0. The molecule has 1 rings (SSSR count). The first-order valence-electron chi connectivity index (χ1n) is 5.05. The molecule has 0 aromatic rings. The third-order valence-electron chi connectivity index (χ3n) is 2.22. The zero-order chi connectivity index (χ0) is 10.4. The molecule has 0 aromatic heterocycles. The minimum atomic E-state index is 0.108. The summed E-state index contributed by atoms with van der Waals surface area (Å²) in [6.45, 7) is 6.53. The van der Waals surface area contributed by atoms with Gasteiger partial charge in [0.15, 0.2) is 0 Å². The van der Waals surface area contributed by atoms with Crippen LogP contribution >= 0.6 is 0 Å². The van der Waals surface area contributed by atoms with Crippen molar-refractivity contribution in [3.63, 3.8) is 0 Å². The van der Waals surface area contributed by atoms with Crippen LogP contribution in [0, 0.1) is 0 Å². The van der Waals surface area contributed by atoms with Crippen LogP contribution in [0.4, 0.5) is 0 Å². The fourth-order valence-electron chi connectivity index (χ4n) is 1.49. The second-order valence-corrected chi connectivity index (χ2v) is 3.52. The first-order chi connectivity index (χ1) is 6.74. The Hall–Kier alpha value is -1.09. The molecule has 1 aliphatic heterocycles. The van der Waals surface area contributed by atoms with Gasteiger partial charge in [0.2, 0.25) is 5.91 Å². The smallest absolute Gasteiger partial charge is 0.246 e. The van der Waals surface area contributed by atoms with E-state index in [2.05, 4.69) is 12.2 Å². The van der Waals surface area contributed by atoms with Crippen LogP contribution in [0.5, 0.6) is 0 Å². The number of amides is 1. The number of hydrogen-bond acceptors (Lipinski definition) is 2. The van der Waals surface area contributed by atoms with Crippen molar-refractivity contribution >= 4 is 5.91 Å². The number of carbonyl (C=O) groups excluding carboxylic acids is 1. The summed E-state index contributed by atoms with van der Waals surface area (Å²) in [6, 6.07) is 0.405. The van der Waals surface area contributed by atoms with Crippen molar-refractivity contribution in [2.24, 2.45) is 0 Å². The molecular weight excluding hydrogens is 176 g/mol. The largest absolute Gasteiger partial charge is 0.336 e. The maximum atomic E-state index is 11.6. The second kappa shape index (κ2) is 5.60. The molecule has 1 fully saturated rings. The lowest BCUT2D eigenvalue weighted by atomic mass is 10.2. The van der Waals surface area contributed by atoms with Crippen LogP contribution in [-0.2, 0) is 4.79 Å². The molecule has 0 radical (unpaired) electrons. The number of piperazine rings is 1. The molecule has 0 spiro atoms. The summed E-state index contributed by atoms with van der Waals surface area (Å²) < 4.78 is 0. The Balaban J connectivity index is 2.43. The van der Waals surface area contributed by atoms with Gasteiger partial charge in [-0.2, -0.15) is 0 Å². The van der Waals surface area contributed by atoms with Crippen LogP contribution in [0.2, 0.25) is 0 Å². The van der Waals surface area contributed by atoms with E-state index in [0.29, 0.717) is 6.04 Å². The topological polar surface area (TPSA) is 32.3 Å². The van der Waals surface area contributed by atoms with Gasteiger partial charge in [0.1, 0.15) is 0 Å². The van der Waals surface area contributed by atoms with Crippen molar-refractivity contribution in [3.05, 3.63) is 24.3 Å². The predicted octanol–water partition coefficient (Wildman–Crippen LogP) is 0.939. The second-order valence-electron chi connectivity index (χ2n) is 3.52. The van der Waals surface area contributed by atoms with E-state index < -0.39 is 0 Å². The van der Waals surface area contributed by atoms with Crippen LogP contribution in [-0.4, -0.2) is 36.5 Å². The number of allylic oxidation sites excluding steroid dienone is 3. The standard InChI is InChI=1S/C11H18N2O/c1-3-4-5-6-11(14)13-8-7-12-10(2)9-13/h3-6,10,12H,7-9H2,1-2H3. The van der Waals surface area contributed by atoms with E-state index in [1.165, 1.54) is 0 Å². The average molecular weight is 194 g/mol. The van der Waals surface area contributed by atoms with E-state index in [1.54, 1.807) is 12.2 Å². The highest BCUT2D eigenvalue weighted by Crippen LogP contribution is 1.99. The van der Waals surface area contributed by atoms with E-state index in [9.17, 15) is 4.79 Å². The van der Waals surface area contributed by atoms with Crippen molar-refractivity contribution in [3.8, 4) is 0 Å². The van der Waals surface area contributed by atoms with Crippen LogP contribution < -0.4 is 5.32 Å². The Labute approximate surface area is 85.5 Å². The van der Waals surface area contributed by atoms with Crippen molar-refractivity contribution in [2.75, 3.05) is 19.6 Å². The molecule has 0 saturated carbocycles. The number of carbonyl (C=O) groups is 1. The molecule has 0 aromatic carbocycles. The van der Waals surface area contributed by atoms with Crippen LogP contribution in [0.15, 0.2) is 24.3 Å². The van der Waals surface area contributed by atoms with Gasteiger partial charge in [-0.05, 0) is 13.8 Å². The quantitative estimate of drug-likeness (QED) is 0.524. The third-order valence-corrected chi connectivity index (χ3v) is 2.22. The zero-order valence-corrected chi connectivity index (χ0v) is 8.86. The van der Waals surface area contributed by atoms with Gasteiger partial charge in [-0.1, -0.05) is 18.2 Å². The number of nitrogens with zero attached hydrogens (tertiary/aromatic N) is 1. The van der Waals surface area contributed by atoms with E-state index >= 15 is 0 Å². The van der Waals surface area contributed by atoms with Crippen molar-refractivity contribution in [2.45, 2.75) is 19.9 Å². The Bertz CT molecular complexity index is 246. The lowest BCUT2D eigenvalue weighted by Gasteiger charge is -2.31. The zero-order valence-electron chi connectivity index (χ0n) is 8.86. The lowest BCUT2D eigenvalue weighted by Crippen LogP contribution is -2.50. The third kappa shape index (κ3) is 3.34. The Kier molecular flexibility index (Phi) is 4.40. The molecule has 0 bridgehead atoms. The van der Waals surface area contributed by atoms with Gasteiger partial charge in [0, 0.05) is 31.8 Å². The molecule has 1 N–H and O–H groups in total. The highest BCUT2D eigenvalue weighted by molar-refractivity contribution is 5.88. The molecule has 1 amide bonds.